The van der Waals surface area contributed by atoms with Gasteiger partial charge in [0.05, 0.1) is 11.4 Å². The monoisotopic (exact) mass is 716 g/mol. The van der Waals surface area contributed by atoms with Crippen LogP contribution < -0.4 is 9.80 Å². The van der Waals surface area contributed by atoms with Crippen molar-refractivity contribution in [2.24, 2.45) is 0 Å². The molecule has 0 bridgehead atoms. The number of nitrogens with zero attached hydrogens (tertiary/aromatic N) is 2. The van der Waals surface area contributed by atoms with E-state index in [-0.39, 0.29) is 0 Å². The van der Waals surface area contributed by atoms with Crippen molar-refractivity contribution in [1.29, 1.82) is 0 Å². The lowest BCUT2D eigenvalue weighted by Gasteiger charge is -2.30. The molecule has 2 aromatic heterocycles. The van der Waals surface area contributed by atoms with Crippen LogP contribution in [0.1, 0.15) is 0 Å². The van der Waals surface area contributed by atoms with E-state index in [0.29, 0.717) is 0 Å². The number of para-hydroxylation sites is 4. The summed E-state index contributed by atoms with van der Waals surface area (Å²) in [6.45, 7) is 0. The predicted octanol–water partition coefficient (Wildman–Crippen LogP) is 15.3. The lowest BCUT2D eigenvalue weighted by atomic mass is 9.91. The third-order valence-electron chi connectivity index (χ3n) is 11.3. The maximum Gasteiger partial charge on any atom is 0.135 e. The van der Waals surface area contributed by atoms with E-state index in [1.807, 2.05) is 24.3 Å². The van der Waals surface area contributed by atoms with Crippen molar-refractivity contribution in [3.05, 3.63) is 194 Å². The van der Waals surface area contributed by atoms with Gasteiger partial charge in [-0.1, -0.05) is 109 Å². The molecule has 0 aliphatic rings. The summed E-state index contributed by atoms with van der Waals surface area (Å²) in [5.74, 6) is 0. The van der Waals surface area contributed by atoms with Crippen LogP contribution in [0.25, 0.3) is 76.2 Å². The van der Waals surface area contributed by atoms with Gasteiger partial charge in [0.25, 0.3) is 0 Å². The average molecular weight is 717 g/mol. The highest BCUT2D eigenvalue weighted by Crippen LogP contribution is 2.50. The van der Waals surface area contributed by atoms with Crippen LogP contribution in [0, 0.1) is 0 Å². The zero-order chi connectivity index (χ0) is 36.7. The lowest BCUT2D eigenvalue weighted by molar-refractivity contribution is 0.668. The van der Waals surface area contributed by atoms with Crippen molar-refractivity contribution in [2.75, 3.05) is 9.80 Å². The molecule has 4 heteroatoms. The third kappa shape index (κ3) is 4.60. The lowest BCUT2D eigenvalue weighted by Crippen LogP contribution is -2.12. The van der Waals surface area contributed by atoms with Gasteiger partial charge < -0.3 is 18.6 Å². The van der Waals surface area contributed by atoms with Gasteiger partial charge in [-0.05, 0) is 106 Å². The first kappa shape index (κ1) is 30.9. The molecular formula is C52H32N2O2. The van der Waals surface area contributed by atoms with Crippen LogP contribution in [0.15, 0.2) is 203 Å². The summed E-state index contributed by atoms with van der Waals surface area (Å²) in [5.41, 5.74) is 10.1. The zero-order valence-corrected chi connectivity index (χ0v) is 30.2. The number of fused-ring (bicyclic) bond motifs is 6. The Balaban J connectivity index is 1.12. The topological polar surface area (TPSA) is 32.8 Å². The minimum absolute atomic E-state index is 0.883. The molecule has 0 aliphatic heterocycles. The van der Waals surface area contributed by atoms with Crippen LogP contribution in [0.2, 0.25) is 0 Å². The summed E-state index contributed by atoms with van der Waals surface area (Å²) in [6, 6.07) is 69.2. The fraction of sp³-hybridized carbons (Fsp3) is 0. The highest BCUT2D eigenvalue weighted by molar-refractivity contribution is 6.30. The van der Waals surface area contributed by atoms with Crippen molar-refractivity contribution in [3.63, 3.8) is 0 Å². The predicted molar refractivity (Wildman–Crippen MR) is 234 cm³/mol. The van der Waals surface area contributed by atoms with Gasteiger partial charge in [-0.2, -0.15) is 0 Å². The first-order valence-corrected chi connectivity index (χ1v) is 19.0. The van der Waals surface area contributed by atoms with E-state index < -0.39 is 0 Å². The van der Waals surface area contributed by atoms with E-state index in [2.05, 4.69) is 180 Å². The molecule has 0 saturated carbocycles. The smallest absolute Gasteiger partial charge is 0.135 e. The van der Waals surface area contributed by atoms with Crippen LogP contribution in [0.3, 0.4) is 0 Å². The molecule has 0 saturated heterocycles. The molecule has 0 N–H and O–H groups in total. The molecule has 2 heterocycles. The highest BCUT2D eigenvalue weighted by atomic mass is 16.3. The number of benzene rings is 10. The quantitative estimate of drug-likeness (QED) is 0.160. The molecule has 10 aromatic carbocycles. The van der Waals surface area contributed by atoms with Gasteiger partial charge >= 0.3 is 0 Å². The second-order valence-electron chi connectivity index (χ2n) is 14.5. The fourth-order valence-electron chi connectivity index (χ4n) is 8.90. The first-order valence-electron chi connectivity index (χ1n) is 19.0. The molecule has 56 heavy (non-hydrogen) atoms. The van der Waals surface area contributed by atoms with Crippen molar-refractivity contribution in [2.45, 2.75) is 0 Å². The van der Waals surface area contributed by atoms with E-state index in [1.54, 1.807) is 0 Å². The summed E-state index contributed by atoms with van der Waals surface area (Å²) in [7, 11) is 0. The standard InChI is InChI=1S/C52H32N2O2/c1-3-15-35(16-4-1)53(37-25-27-49-43(31-37)39-19-7-9-23-47(39)55-49)45-29-33-13-12-22-42-46(30-34-14-11-21-41(45)51(34)52(33)42)54(36-17-5-2-6-18-36)38-26-28-50-44(32-38)40-20-8-10-24-48(40)56-50/h1-32H. The Morgan fingerprint density at radius 1 is 0.268 bits per heavy atom. The molecule has 0 amide bonds. The molecule has 12 rings (SSSR count). The maximum absolute atomic E-state index is 6.26. The Bertz CT molecular complexity index is 3210. The van der Waals surface area contributed by atoms with Crippen molar-refractivity contribution in [1.82, 2.24) is 0 Å². The third-order valence-corrected chi connectivity index (χ3v) is 11.3. The number of hydrogen-bond acceptors (Lipinski definition) is 4. The minimum Gasteiger partial charge on any atom is -0.456 e. The van der Waals surface area contributed by atoms with Crippen molar-refractivity contribution >= 4 is 110 Å². The SMILES string of the molecule is c1ccc(N(c2ccc3oc4ccccc4c3c2)c2cc3cccc4c(N(c5ccccc5)c5ccc6oc7ccccc7c6c5)cc5cccc2c5c34)cc1. The summed E-state index contributed by atoms with van der Waals surface area (Å²) in [6.07, 6.45) is 0. The van der Waals surface area contributed by atoms with Crippen LogP contribution in [0.5, 0.6) is 0 Å². The maximum atomic E-state index is 6.26. The van der Waals surface area contributed by atoms with Crippen molar-refractivity contribution < 1.29 is 8.83 Å². The fourth-order valence-corrected chi connectivity index (χ4v) is 8.90. The van der Waals surface area contributed by atoms with E-state index in [1.165, 1.54) is 32.3 Å². The Labute approximate surface area is 322 Å². The minimum atomic E-state index is 0.883. The van der Waals surface area contributed by atoms with Crippen molar-refractivity contribution in [3.8, 4) is 0 Å². The molecule has 4 nitrogen and oxygen atoms in total. The molecule has 0 aliphatic carbocycles. The van der Waals surface area contributed by atoms with Gasteiger partial charge in [0.1, 0.15) is 22.3 Å². The van der Waals surface area contributed by atoms with Crippen LogP contribution in [0.4, 0.5) is 34.1 Å². The second-order valence-corrected chi connectivity index (χ2v) is 14.5. The molecule has 0 unspecified atom stereocenters. The zero-order valence-electron chi connectivity index (χ0n) is 30.2. The number of hydrogen-bond donors (Lipinski definition) is 0. The van der Waals surface area contributed by atoms with E-state index >= 15 is 0 Å². The Kier molecular flexibility index (Phi) is 6.60. The number of furan rings is 2. The molecule has 0 spiro atoms. The molecule has 0 radical (unpaired) electrons. The average Bonchev–Trinajstić information content (AvgIpc) is 3.82. The van der Waals surface area contributed by atoms with E-state index in [0.717, 1.165) is 78.0 Å². The molecule has 12 aromatic rings. The second kappa shape index (κ2) is 12.0. The summed E-state index contributed by atoms with van der Waals surface area (Å²) in [4.78, 5) is 4.79. The van der Waals surface area contributed by atoms with Crippen LogP contribution in [-0.2, 0) is 0 Å². The highest BCUT2D eigenvalue weighted by Gasteiger charge is 2.24. The van der Waals surface area contributed by atoms with Crippen LogP contribution >= 0.6 is 0 Å². The Hall–Kier alpha value is -7.56. The van der Waals surface area contributed by atoms with E-state index in [9.17, 15) is 0 Å². The molecule has 0 fully saturated rings. The number of rotatable bonds is 6. The Morgan fingerprint density at radius 3 is 1.12 bits per heavy atom. The van der Waals surface area contributed by atoms with Gasteiger partial charge in [0, 0.05) is 55.1 Å². The molecule has 262 valence electrons. The van der Waals surface area contributed by atoms with Gasteiger partial charge in [0.2, 0.25) is 0 Å². The van der Waals surface area contributed by atoms with Gasteiger partial charge in [0.15, 0.2) is 0 Å². The summed E-state index contributed by atoms with van der Waals surface area (Å²) < 4.78 is 12.5. The Morgan fingerprint density at radius 2 is 0.661 bits per heavy atom. The first-order chi connectivity index (χ1) is 27.8. The van der Waals surface area contributed by atoms with Gasteiger partial charge in [-0.25, -0.2) is 0 Å². The van der Waals surface area contributed by atoms with Gasteiger partial charge in [-0.15, -0.1) is 0 Å². The van der Waals surface area contributed by atoms with E-state index in [4.69, 9.17) is 8.83 Å². The van der Waals surface area contributed by atoms with Gasteiger partial charge in [-0.3, -0.25) is 0 Å². The molecular weight excluding hydrogens is 685 g/mol. The molecule has 0 atom stereocenters. The summed E-state index contributed by atoms with van der Waals surface area (Å²) in [5, 5.41) is 11.7. The summed E-state index contributed by atoms with van der Waals surface area (Å²) >= 11 is 0. The largest absolute Gasteiger partial charge is 0.456 e. The number of anilines is 6. The normalized spacial score (nSPS) is 11.9. The van der Waals surface area contributed by atoms with Crippen LogP contribution in [-0.4, -0.2) is 0 Å².